The molecule has 1 rings (SSSR count). The van der Waals surface area contributed by atoms with Gasteiger partial charge < -0.3 is 14.3 Å². The molecule has 0 atom stereocenters. The number of methoxy groups -OCH3 is 2. The molecule has 18 heavy (non-hydrogen) atoms. The van der Waals surface area contributed by atoms with Gasteiger partial charge in [0.25, 0.3) is 0 Å². The topological polar surface area (TPSA) is 78.7 Å². The summed E-state index contributed by atoms with van der Waals surface area (Å²) in [5.41, 5.74) is 0.518. The molecule has 1 aromatic carbocycles. The summed E-state index contributed by atoms with van der Waals surface area (Å²) in [5.74, 6) is 0.423. The first-order valence-corrected chi connectivity index (χ1v) is 5.38. The van der Waals surface area contributed by atoms with Crippen molar-refractivity contribution in [2.45, 2.75) is 19.8 Å². The Labute approximate surface area is 105 Å². The highest BCUT2D eigenvalue weighted by atomic mass is 16.6. The molecule has 0 bridgehead atoms. The lowest BCUT2D eigenvalue weighted by molar-refractivity contribution is -0.385. The van der Waals surface area contributed by atoms with Crippen molar-refractivity contribution in [1.82, 2.24) is 0 Å². The van der Waals surface area contributed by atoms with Crippen molar-refractivity contribution >= 4 is 11.5 Å². The molecule has 0 fully saturated rings. The first kappa shape index (κ1) is 14.0. The maximum Gasteiger partial charge on any atom is 0.315 e. The number of ketones is 1. The van der Waals surface area contributed by atoms with E-state index in [2.05, 4.69) is 0 Å². The molecule has 0 unspecified atom stereocenters. The van der Waals surface area contributed by atoms with Crippen LogP contribution in [0, 0.1) is 10.1 Å². The van der Waals surface area contributed by atoms with Crippen LogP contribution in [0.15, 0.2) is 12.1 Å². The van der Waals surface area contributed by atoms with E-state index in [0.717, 1.165) is 0 Å². The van der Waals surface area contributed by atoms with Crippen LogP contribution in [0.4, 0.5) is 5.69 Å². The maximum atomic E-state index is 10.9. The number of aryl methyl sites for hydroxylation is 1. The zero-order chi connectivity index (χ0) is 13.7. The number of ether oxygens (including phenoxy) is 2. The Morgan fingerprint density at radius 1 is 1.33 bits per heavy atom. The van der Waals surface area contributed by atoms with Crippen LogP contribution >= 0.6 is 0 Å². The molecular formula is C12H15NO5. The first-order valence-electron chi connectivity index (χ1n) is 5.38. The van der Waals surface area contributed by atoms with Crippen molar-refractivity contribution in [1.29, 1.82) is 0 Å². The van der Waals surface area contributed by atoms with Crippen LogP contribution in [-0.2, 0) is 11.2 Å². The Hall–Kier alpha value is -2.11. The Morgan fingerprint density at radius 2 is 2.00 bits per heavy atom. The average Bonchev–Trinajstić information content (AvgIpc) is 2.34. The minimum absolute atomic E-state index is 0.0347. The zero-order valence-corrected chi connectivity index (χ0v) is 10.6. The number of Topliss-reactive ketones (excluding diaryl/α,β-unsaturated/α-hetero) is 1. The van der Waals surface area contributed by atoms with E-state index in [1.165, 1.54) is 27.2 Å². The van der Waals surface area contributed by atoms with Crippen LogP contribution in [0.3, 0.4) is 0 Å². The molecule has 1 aromatic rings. The molecule has 0 saturated carbocycles. The summed E-state index contributed by atoms with van der Waals surface area (Å²) in [5, 5.41) is 10.9. The molecule has 0 spiro atoms. The quantitative estimate of drug-likeness (QED) is 0.573. The molecule has 0 aliphatic rings. The van der Waals surface area contributed by atoms with Gasteiger partial charge in [-0.15, -0.1) is 0 Å². The summed E-state index contributed by atoms with van der Waals surface area (Å²) in [6.45, 7) is 1.48. The van der Waals surface area contributed by atoms with Crippen LogP contribution in [0.5, 0.6) is 11.5 Å². The van der Waals surface area contributed by atoms with Gasteiger partial charge in [0.2, 0.25) is 5.75 Å². The van der Waals surface area contributed by atoms with Crippen molar-refractivity contribution in [3.05, 3.63) is 27.8 Å². The van der Waals surface area contributed by atoms with E-state index in [1.807, 2.05) is 0 Å². The van der Waals surface area contributed by atoms with Gasteiger partial charge in [-0.1, -0.05) is 0 Å². The summed E-state index contributed by atoms with van der Waals surface area (Å²) in [4.78, 5) is 21.3. The number of rotatable bonds is 6. The highest BCUT2D eigenvalue weighted by Gasteiger charge is 2.21. The van der Waals surface area contributed by atoms with Crippen LogP contribution in [0.25, 0.3) is 0 Å². The second-order valence-corrected chi connectivity index (χ2v) is 3.81. The maximum absolute atomic E-state index is 10.9. The SMILES string of the molecule is COc1cc(CCC(C)=O)cc([N+](=O)[O-])c1OC. The lowest BCUT2D eigenvalue weighted by Gasteiger charge is -2.10. The number of carbonyl (C=O) groups is 1. The van der Waals surface area contributed by atoms with Crippen molar-refractivity contribution in [2.75, 3.05) is 14.2 Å². The van der Waals surface area contributed by atoms with Gasteiger partial charge in [0.15, 0.2) is 5.75 Å². The van der Waals surface area contributed by atoms with Gasteiger partial charge in [-0.2, -0.15) is 0 Å². The second-order valence-electron chi connectivity index (χ2n) is 3.81. The third-order valence-electron chi connectivity index (χ3n) is 2.48. The Kier molecular flexibility index (Phi) is 4.65. The third-order valence-corrected chi connectivity index (χ3v) is 2.48. The molecule has 6 nitrogen and oxygen atoms in total. The van der Waals surface area contributed by atoms with Gasteiger partial charge in [0.1, 0.15) is 5.78 Å². The molecule has 0 heterocycles. The van der Waals surface area contributed by atoms with Crippen molar-refractivity contribution in [3.63, 3.8) is 0 Å². The number of nitro benzene ring substituents is 1. The van der Waals surface area contributed by atoms with Crippen molar-refractivity contribution in [2.24, 2.45) is 0 Å². The minimum atomic E-state index is -0.529. The Bertz CT molecular complexity index is 470. The third kappa shape index (κ3) is 3.19. The predicted octanol–water partition coefficient (Wildman–Crippen LogP) is 2.13. The van der Waals surface area contributed by atoms with Gasteiger partial charge in [-0.25, -0.2) is 0 Å². The molecule has 0 aliphatic heterocycles. The highest BCUT2D eigenvalue weighted by molar-refractivity contribution is 5.75. The van der Waals surface area contributed by atoms with E-state index in [0.29, 0.717) is 24.2 Å². The smallest absolute Gasteiger partial charge is 0.315 e. The first-order chi connectivity index (χ1) is 8.49. The molecular weight excluding hydrogens is 238 g/mol. The lowest BCUT2D eigenvalue weighted by Crippen LogP contribution is -2.00. The number of hydrogen-bond acceptors (Lipinski definition) is 5. The van der Waals surface area contributed by atoms with E-state index in [-0.39, 0.29) is 17.2 Å². The largest absolute Gasteiger partial charge is 0.493 e. The van der Waals surface area contributed by atoms with E-state index in [1.54, 1.807) is 6.07 Å². The predicted molar refractivity (Wildman–Crippen MR) is 65.2 cm³/mol. The van der Waals surface area contributed by atoms with E-state index >= 15 is 0 Å². The summed E-state index contributed by atoms with van der Waals surface area (Å²) < 4.78 is 10.0. The second kappa shape index (κ2) is 6.00. The molecule has 98 valence electrons. The van der Waals surface area contributed by atoms with Gasteiger partial charge in [0.05, 0.1) is 19.1 Å². The summed E-state index contributed by atoms with van der Waals surface area (Å²) in [7, 11) is 2.76. The Balaban J connectivity index is 3.18. The normalized spacial score (nSPS) is 9.94. The minimum Gasteiger partial charge on any atom is -0.493 e. The number of hydrogen-bond donors (Lipinski definition) is 0. The molecule has 0 saturated heterocycles. The molecule has 0 radical (unpaired) electrons. The number of nitrogens with zero attached hydrogens (tertiary/aromatic N) is 1. The van der Waals surface area contributed by atoms with Gasteiger partial charge >= 0.3 is 5.69 Å². The van der Waals surface area contributed by atoms with Crippen molar-refractivity contribution < 1.29 is 19.2 Å². The highest BCUT2D eigenvalue weighted by Crippen LogP contribution is 2.38. The summed E-state index contributed by atoms with van der Waals surface area (Å²) >= 11 is 0. The standard InChI is InChI=1S/C12H15NO5/c1-8(14)4-5-9-6-10(13(15)16)12(18-3)11(7-9)17-2/h6-7H,4-5H2,1-3H3. The average molecular weight is 253 g/mol. The number of benzene rings is 1. The number of carbonyl (C=O) groups excluding carboxylic acids is 1. The lowest BCUT2D eigenvalue weighted by atomic mass is 10.1. The zero-order valence-electron chi connectivity index (χ0n) is 10.6. The van der Waals surface area contributed by atoms with Crippen LogP contribution in [-0.4, -0.2) is 24.9 Å². The summed E-state index contributed by atoms with van der Waals surface area (Å²) in [6, 6.07) is 3.05. The molecule has 0 aromatic heterocycles. The Morgan fingerprint density at radius 3 is 2.44 bits per heavy atom. The van der Waals surface area contributed by atoms with E-state index in [9.17, 15) is 14.9 Å². The monoisotopic (exact) mass is 253 g/mol. The molecule has 0 amide bonds. The van der Waals surface area contributed by atoms with Gasteiger partial charge in [-0.3, -0.25) is 10.1 Å². The van der Waals surface area contributed by atoms with Crippen LogP contribution in [0.1, 0.15) is 18.9 Å². The summed E-state index contributed by atoms with van der Waals surface area (Å²) in [6.07, 6.45) is 0.781. The fraction of sp³-hybridized carbons (Fsp3) is 0.417. The van der Waals surface area contributed by atoms with E-state index in [4.69, 9.17) is 9.47 Å². The van der Waals surface area contributed by atoms with E-state index < -0.39 is 4.92 Å². The fourth-order valence-electron chi connectivity index (χ4n) is 1.60. The molecule has 6 heteroatoms. The number of nitro groups is 1. The fourth-order valence-corrected chi connectivity index (χ4v) is 1.60. The van der Waals surface area contributed by atoms with Crippen molar-refractivity contribution in [3.8, 4) is 11.5 Å². The van der Waals surface area contributed by atoms with Gasteiger partial charge in [0, 0.05) is 12.5 Å². The molecule has 0 N–H and O–H groups in total. The van der Waals surface area contributed by atoms with Crippen LogP contribution < -0.4 is 9.47 Å². The van der Waals surface area contributed by atoms with Gasteiger partial charge in [-0.05, 0) is 25.0 Å². The molecule has 0 aliphatic carbocycles. The van der Waals surface area contributed by atoms with Crippen LogP contribution in [0.2, 0.25) is 0 Å².